The van der Waals surface area contributed by atoms with Crippen molar-refractivity contribution in [2.24, 2.45) is 5.92 Å². The summed E-state index contributed by atoms with van der Waals surface area (Å²) < 4.78 is 26.5. The maximum Gasteiger partial charge on any atom is 0.328 e. The molecule has 0 aliphatic heterocycles. The highest BCUT2D eigenvalue weighted by molar-refractivity contribution is 7.89. The van der Waals surface area contributed by atoms with Gasteiger partial charge in [-0.1, -0.05) is 38.1 Å². The zero-order chi connectivity index (χ0) is 16.0. The fraction of sp³-hybridized carbons (Fsp3) is 0.400. The predicted molar refractivity (Wildman–Crippen MR) is 83.3 cm³/mol. The molecule has 0 fully saturated rings. The monoisotopic (exact) mass is 311 g/mol. The number of carboxylic acid groups (broad SMARTS) is 1. The molecule has 116 valence electrons. The molecule has 0 aliphatic carbocycles. The molecule has 0 bridgehead atoms. The van der Waals surface area contributed by atoms with Crippen LogP contribution in [0.15, 0.2) is 30.3 Å². The first-order valence-corrected chi connectivity index (χ1v) is 8.36. The highest BCUT2D eigenvalue weighted by atomic mass is 32.2. The molecule has 1 aromatic carbocycles. The van der Waals surface area contributed by atoms with Crippen LogP contribution in [0.4, 0.5) is 0 Å². The smallest absolute Gasteiger partial charge is 0.328 e. The fourth-order valence-corrected chi connectivity index (χ4v) is 3.57. The van der Waals surface area contributed by atoms with Crippen LogP contribution in [0.3, 0.4) is 0 Å². The molecule has 0 aromatic heterocycles. The van der Waals surface area contributed by atoms with Gasteiger partial charge in [-0.25, -0.2) is 17.9 Å². The van der Waals surface area contributed by atoms with Crippen LogP contribution in [0.25, 0.3) is 6.08 Å². The summed E-state index contributed by atoms with van der Waals surface area (Å²) in [5.41, 5.74) is 1.50. The average Bonchev–Trinajstić information content (AvgIpc) is 2.34. The molecule has 2 N–H and O–H groups in total. The SMILES string of the molecule is CC(C)CS(=O)(=O)NC(C)c1cccc(C=CC(=O)O)c1. The molecule has 1 aromatic rings. The van der Waals surface area contributed by atoms with E-state index in [9.17, 15) is 13.2 Å². The van der Waals surface area contributed by atoms with Crippen molar-refractivity contribution in [3.63, 3.8) is 0 Å². The lowest BCUT2D eigenvalue weighted by molar-refractivity contribution is -0.131. The molecule has 5 nitrogen and oxygen atoms in total. The average molecular weight is 311 g/mol. The Morgan fingerprint density at radius 2 is 2.00 bits per heavy atom. The maximum atomic E-state index is 11.9. The quantitative estimate of drug-likeness (QED) is 0.758. The summed E-state index contributed by atoms with van der Waals surface area (Å²) in [6, 6.07) is 6.73. The number of hydrogen-bond acceptors (Lipinski definition) is 3. The van der Waals surface area contributed by atoms with Crippen molar-refractivity contribution in [3.05, 3.63) is 41.5 Å². The Balaban J connectivity index is 2.86. The van der Waals surface area contributed by atoms with Crippen LogP contribution in [-0.2, 0) is 14.8 Å². The number of benzene rings is 1. The second-order valence-corrected chi connectivity index (χ2v) is 7.16. The molecule has 0 saturated carbocycles. The van der Waals surface area contributed by atoms with E-state index in [2.05, 4.69) is 4.72 Å². The van der Waals surface area contributed by atoms with Crippen molar-refractivity contribution >= 4 is 22.1 Å². The van der Waals surface area contributed by atoms with Gasteiger partial charge in [0.25, 0.3) is 0 Å². The van der Waals surface area contributed by atoms with E-state index in [1.807, 2.05) is 13.8 Å². The zero-order valence-corrected chi connectivity index (χ0v) is 13.2. The molecule has 0 saturated heterocycles. The lowest BCUT2D eigenvalue weighted by atomic mass is 10.1. The third kappa shape index (κ3) is 6.55. The van der Waals surface area contributed by atoms with Crippen LogP contribution in [0.2, 0.25) is 0 Å². The van der Waals surface area contributed by atoms with Crippen molar-refractivity contribution in [1.82, 2.24) is 4.72 Å². The highest BCUT2D eigenvalue weighted by Gasteiger charge is 2.17. The topological polar surface area (TPSA) is 83.5 Å². The van der Waals surface area contributed by atoms with Gasteiger partial charge in [-0.2, -0.15) is 0 Å². The molecule has 1 unspecified atom stereocenters. The number of sulfonamides is 1. The Bertz CT molecular complexity index is 620. The molecule has 6 heteroatoms. The van der Waals surface area contributed by atoms with E-state index in [0.29, 0.717) is 5.56 Å². The van der Waals surface area contributed by atoms with Crippen LogP contribution in [0.5, 0.6) is 0 Å². The van der Waals surface area contributed by atoms with Crippen LogP contribution >= 0.6 is 0 Å². The van der Waals surface area contributed by atoms with Gasteiger partial charge in [0.05, 0.1) is 5.75 Å². The molecule has 0 spiro atoms. The number of aliphatic carboxylic acids is 1. The van der Waals surface area contributed by atoms with Crippen LogP contribution in [0.1, 0.15) is 37.9 Å². The van der Waals surface area contributed by atoms with Gasteiger partial charge in [0.1, 0.15) is 0 Å². The van der Waals surface area contributed by atoms with E-state index in [-0.39, 0.29) is 17.7 Å². The van der Waals surface area contributed by atoms with E-state index >= 15 is 0 Å². The van der Waals surface area contributed by atoms with Gasteiger partial charge in [-0.15, -0.1) is 0 Å². The minimum absolute atomic E-state index is 0.0551. The maximum absolute atomic E-state index is 11.9. The predicted octanol–water partition coefficient (Wildman–Crippen LogP) is 2.42. The van der Waals surface area contributed by atoms with Gasteiger partial charge in [-0.05, 0) is 30.0 Å². The summed E-state index contributed by atoms with van der Waals surface area (Å²) in [4.78, 5) is 10.5. The standard InChI is InChI=1S/C15H21NO4S/c1-11(2)10-21(19,20)16-12(3)14-6-4-5-13(9-14)7-8-15(17)18/h4-9,11-12,16H,10H2,1-3H3,(H,17,18). The molecule has 0 radical (unpaired) electrons. The van der Waals surface area contributed by atoms with E-state index in [0.717, 1.165) is 11.6 Å². The Labute approximate surface area is 125 Å². The molecule has 1 atom stereocenters. The second kappa shape index (κ2) is 7.38. The number of carbonyl (C=O) groups is 1. The summed E-state index contributed by atoms with van der Waals surface area (Å²) in [7, 11) is -3.33. The van der Waals surface area contributed by atoms with E-state index in [1.165, 1.54) is 6.08 Å². The highest BCUT2D eigenvalue weighted by Crippen LogP contribution is 2.16. The van der Waals surface area contributed by atoms with Crippen molar-refractivity contribution in [2.75, 3.05) is 5.75 Å². The fourth-order valence-electron chi connectivity index (χ4n) is 1.92. The van der Waals surface area contributed by atoms with Crippen LogP contribution in [0, 0.1) is 5.92 Å². The first kappa shape index (κ1) is 17.4. The van der Waals surface area contributed by atoms with Gasteiger partial charge >= 0.3 is 5.97 Å². The van der Waals surface area contributed by atoms with Crippen LogP contribution in [-0.4, -0.2) is 25.2 Å². The number of rotatable bonds is 7. The summed E-state index contributed by atoms with van der Waals surface area (Å²) in [5, 5.41) is 8.61. The van der Waals surface area contributed by atoms with Crippen LogP contribution < -0.4 is 4.72 Å². The number of nitrogens with one attached hydrogen (secondary N) is 1. The second-order valence-electron chi connectivity index (χ2n) is 5.36. The molecule has 1 rings (SSSR count). The summed E-state index contributed by atoms with van der Waals surface area (Å²) in [6.07, 6.45) is 2.52. The third-order valence-electron chi connectivity index (χ3n) is 2.74. The first-order chi connectivity index (χ1) is 9.69. The molecule has 0 aliphatic rings. The minimum Gasteiger partial charge on any atom is -0.478 e. The van der Waals surface area contributed by atoms with Gasteiger partial charge in [-0.3, -0.25) is 0 Å². The van der Waals surface area contributed by atoms with E-state index < -0.39 is 16.0 Å². The van der Waals surface area contributed by atoms with Gasteiger partial charge < -0.3 is 5.11 Å². The zero-order valence-electron chi connectivity index (χ0n) is 12.4. The lowest BCUT2D eigenvalue weighted by Gasteiger charge is -2.16. The van der Waals surface area contributed by atoms with Gasteiger partial charge in [0.2, 0.25) is 10.0 Å². The van der Waals surface area contributed by atoms with Crippen molar-refractivity contribution in [1.29, 1.82) is 0 Å². The summed E-state index contributed by atoms with van der Waals surface area (Å²) >= 11 is 0. The third-order valence-corrected chi connectivity index (χ3v) is 4.56. The summed E-state index contributed by atoms with van der Waals surface area (Å²) in [5.74, 6) is -0.888. The minimum atomic E-state index is -3.33. The van der Waals surface area contributed by atoms with Crippen molar-refractivity contribution in [2.45, 2.75) is 26.8 Å². The lowest BCUT2D eigenvalue weighted by Crippen LogP contribution is -2.30. The Morgan fingerprint density at radius 1 is 1.33 bits per heavy atom. The molecular weight excluding hydrogens is 290 g/mol. The van der Waals surface area contributed by atoms with Crippen molar-refractivity contribution < 1.29 is 18.3 Å². The molecule has 21 heavy (non-hydrogen) atoms. The van der Waals surface area contributed by atoms with Gasteiger partial charge in [0, 0.05) is 12.1 Å². The van der Waals surface area contributed by atoms with Crippen molar-refractivity contribution in [3.8, 4) is 0 Å². The van der Waals surface area contributed by atoms with E-state index in [4.69, 9.17) is 5.11 Å². The first-order valence-electron chi connectivity index (χ1n) is 6.70. The molecule has 0 amide bonds. The summed E-state index contributed by atoms with van der Waals surface area (Å²) in [6.45, 7) is 5.46. The molecule has 0 heterocycles. The Morgan fingerprint density at radius 3 is 2.57 bits per heavy atom. The Hall–Kier alpha value is -1.66. The van der Waals surface area contributed by atoms with Gasteiger partial charge in [0.15, 0.2) is 0 Å². The number of carboxylic acids is 1. The number of hydrogen-bond donors (Lipinski definition) is 2. The Kier molecular flexibility index (Phi) is 6.11. The molecular formula is C15H21NO4S. The largest absolute Gasteiger partial charge is 0.478 e. The van der Waals surface area contributed by atoms with E-state index in [1.54, 1.807) is 31.2 Å². The normalized spacial score (nSPS) is 13.7.